The van der Waals surface area contributed by atoms with Crippen LogP contribution in [0, 0.1) is 25.2 Å². The van der Waals surface area contributed by atoms with E-state index in [-0.39, 0.29) is 12.5 Å². The number of nitrogens with one attached hydrogen (secondary N) is 2. The third-order valence-corrected chi connectivity index (χ3v) is 3.33. The summed E-state index contributed by atoms with van der Waals surface area (Å²) in [7, 11) is 0. The van der Waals surface area contributed by atoms with Crippen LogP contribution in [0.15, 0.2) is 6.07 Å². The molecule has 1 saturated heterocycles. The first kappa shape index (κ1) is 14.3. The van der Waals surface area contributed by atoms with Gasteiger partial charge >= 0.3 is 0 Å². The Balaban J connectivity index is 2.03. The normalized spacial score (nSPS) is 14.8. The number of aryl methyl sites for hydroxylation is 2. The van der Waals surface area contributed by atoms with Crippen LogP contribution in [-0.2, 0) is 4.79 Å². The maximum absolute atomic E-state index is 12.1. The Labute approximate surface area is 118 Å². The Morgan fingerprint density at radius 1 is 1.50 bits per heavy atom. The van der Waals surface area contributed by atoms with Gasteiger partial charge in [-0.15, -0.1) is 0 Å². The highest BCUT2D eigenvalue weighted by Gasteiger charge is 2.17. The Bertz CT molecular complexity index is 543. The largest absolute Gasteiger partial charge is 0.360 e. The second kappa shape index (κ2) is 6.35. The van der Waals surface area contributed by atoms with Crippen LogP contribution in [0.2, 0.25) is 0 Å². The zero-order chi connectivity index (χ0) is 14.5. The molecule has 1 aliphatic heterocycles. The first-order valence-corrected chi connectivity index (χ1v) is 6.72. The number of hydrogen-bond donors (Lipinski definition) is 2. The first-order chi connectivity index (χ1) is 9.61. The Morgan fingerprint density at radius 3 is 2.85 bits per heavy atom. The third kappa shape index (κ3) is 3.25. The van der Waals surface area contributed by atoms with Crippen molar-refractivity contribution in [1.82, 2.24) is 15.2 Å². The molecule has 2 rings (SSSR count). The molecule has 0 unspecified atom stereocenters. The molecule has 0 aromatic carbocycles. The van der Waals surface area contributed by atoms with Crippen molar-refractivity contribution in [2.45, 2.75) is 13.8 Å². The van der Waals surface area contributed by atoms with Crippen LogP contribution >= 0.6 is 0 Å². The van der Waals surface area contributed by atoms with Gasteiger partial charge in [-0.25, -0.2) is 4.98 Å². The minimum atomic E-state index is 0.0383. The van der Waals surface area contributed by atoms with Crippen LogP contribution in [0.5, 0.6) is 0 Å². The molecule has 1 aliphatic rings. The molecule has 0 saturated carbocycles. The van der Waals surface area contributed by atoms with Gasteiger partial charge in [0.1, 0.15) is 11.9 Å². The summed E-state index contributed by atoms with van der Waals surface area (Å²) in [4.78, 5) is 18.2. The highest BCUT2D eigenvalue weighted by Crippen LogP contribution is 2.17. The molecule has 2 N–H and O–H groups in total. The minimum Gasteiger partial charge on any atom is -0.360 e. The summed E-state index contributed by atoms with van der Waals surface area (Å²) < 4.78 is 0. The number of pyridine rings is 1. The van der Waals surface area contributed by atoms with E-state index in [0.717, 1.165) is 37.4 Å². The van der Waals surface area contributed by atoms with Crippen molar-refractivity contribution < 1.29 is 4.79 Å². The summed E-state index contributed by atoms with van der Waals surface area (Å²) >= 11 is 0. The summed E-state index contributed by atoms with van der Waals surface area (Å²) in [5, 5.41) is 15.4. The molecular formula is C14H19N5O. The number of hydrogen-bond acceptors (Lipinski definition) is 5. The second-order valence-electron chi connectivity index (χ2n) is 4.90. The molecule has 1 fully saturated rings. The summed E-state index contributed by atoms with van der Waals surface area (Å²) in [6, 6.07) is 4.00. The van der Waals surface area contributed by atoms with Crippen LogP contribution < -0.4 is 10.6 Å². The number of piperazine rings is 1. The quantitative estimate of drug-likeness (QED) is 0.834. The highest BCUT2D eigenvalue weighted by molar-refractivity contribution is 5.81. The Morgan fingerprint density at radius 2 is 2.20 bits per heavy atom. The van der Waals surface area contributed by atoms with Gasteiger partial charge in [0.05, 0.1) is 12.1 Å². The van der Waals surface area contributed by atoms with E-state index in [9.17, 15) is 10.1 Å². The molecule has 1 amide bonds. The van der Waals surface area contributed by atoms with Gasteiger partial charge in [0, 0.05) is 31.9 Å². The summed E-state index contributed by atoms with van der Waals surface area (Å²) in [6.07, 6.45) is 0. The maximum Gasteiger partial charge on any atom is 0.242 e. The SMILES string of the molecule is Cc1cc(C)c(C#N)c(NCC(=O)N2CCNCC2)n1. The lowest BCUT2D eigenvalue weighted by Crippen LogP contribution is -2.48. The number of anilines is 1. The van der Waals surface area contributed by atoms with E-state index in [1.807, 2.05) is 24.8 Å². The average Bonchev–Trinajstić information content (AvgIpc) is 2.45. The molecule has 0 aliphatic carbocycles. The van der Waals surface area contributed by atoms with Gasteiger partial charge in [0.15, 0.2) is 0 Å². The van der Waals surface area contributed by atoms with Gasteiger partial charge in [-0.2, -0.15) is 5.26 Å². The second-order valence-corrected chi connectivity index (χ2v) is 4.90. The lowest BCUT2D eigenvalue weighted by Gasteiger charge is -2.27. The maximum atomic E-state index is 12.1. The van der Waals surface area contributed by atoms with E-state index >= 15 is 0 Å². The van der Waals surface area contributed by atoms with Crippen molar-refractivity contribution in [2.24, 2.45) is 0 Å². The van der Waals surface area contributed by atoms with Gasteiger partial charge < -0.3 is 15.5 Å². The predicted octanol–water partition coefficient (Wildman–Crippen LogP) is 0.414. The van der Waals surface area contributed by atoms with Gasteiger partial charge in [-0.05, 0) is 25.5 Å². The Hall–Kier alpha value is -2.13. The van der Waals surface area contributed by atoms with E-state index in [4.69, 9.17) is 0 Å². The molecule has 0 bridgehead atoms. The Kier molecular flexibility index (Phi) is 4.53. The smallest absolute Gasteiger partial charge is 0.242 e. The predicted molar refractivity (Wildman–Crippen MR) is 76.4 cm³/mol. The average molecular weight is 273 g/mol. The van der Waals surface area contributed by atoms with Crippen LogP contribution in [-0.4, -0.2) is 48.5 Å². The van der Waals surface area contributed by atoms with E-state index < -0.39 is 0 Å². The van der Waals surface area contributed by atoms with Crippen molar-refractivity contribution >= 4 is 11.7 Å². The molecule has 20 heavy (non-hydrogen) atoms. The van der Waals surface area contributed by atoms with Crippen LogP contribution in [0.3, 0.4) is 0 Å². The molecule has 0 radical (unpaired) electrons. The highest BCUT2D eigenvalue weighted by atomic mass is 16.2. The van der Waals surface area contributed by atoms with Gasteiger partial charge in [0.25, 0.3) is 0 Å². The zero-order valence-corrected chi connectivity index (χ0v) is 11.9. The third-order valence-electron chi connectivity index (χ3n) is 3.33. The molecule has 6 heteroatoms. The lowest BCUT2D eigenvalue weighted by molar-refractivity contribution is -0.129. The van der Waals surface area contributed by atoms with Crippen LogP contribution in [0.25, 0.3) is 0 Å². The molecule has 0 atom stereocenters. The number of nitriles is 1. The first-order valence-electron chi connectivity index (χ1n) is 6.72. The van der Waals surface area contributed by atoms with E-state index in [1.54, 1.807) is 0 Å². The van der Waals surface area contributed by atoms with Gasteiger partial charge in [-0.1, -0.05) is 0 Å². The van der Waals surface area contributed by atoms with Crippen molar-refractivity contribution in [3.63, 3.8) is 0 Å². The fourth-order valence-electron chi connectivity index (χ4n) is 2.29. The van der Waals surface area contributed by atoms with Crippen molar-refractivity contribution in [1.29, 1.82) is 5.26 Å². The summed E-state index contributed by atoms with van der Waals surface area (Å²) in [6.45, 7) is 7.03. The lowest BCUT2D eigenvalue weighted by atomic mass is 10.1. The summed E-state index contributed by atoms with van der Waals surface area (Å²) in [5.74, 6) is 0.532. The number of rotatable bonds is 3. The molecular weight excluding hydrogens is 254 g/mol. The van der Waals surface area contributed by atoms with Gasteiger partial charge in [-0.3, -0.25) is 4.79 Å². The van der Waals surface area contributed by atoms with Crippen molar-refractivity contribution in [2.75, 3.05) is 38.0 Å². The number of amides is 1. The van der Waals surface area contributed by atoms with Crippen LogP contribution in [0.1, 0.15) is 16.8 Å². The monoisotopic (exact) mass is 273 g/mol. The number of carbonyl (C=O) groups excluding carboxylic acids is 1. The molecule has 1 aromatic heterocycles. The van der Waals surface area contributed by atoms with E-state index in [1.165, 1.54) is 0 Å². The van der Waals surface area contributed by atoms with Crippen molar-refractivity contribution in [3.8, 4) is 6.07 Å². The number of carbonyl (C=O) groups is 1. The van der Waals surface area contributed by atoms with E-state index in [2.05, 4.69) is 21.7 Å². The topological polar surface area (TPSA) is 81.0 Å². The minimum absolute atomic E-state index is 0.0383. The fourth-order valence-corrected chi connectivity index (χ4v) is 2.29. The fraction of sp³-hybridized carbons (Fsp3) is 0.500. The molecule has 2 heterocycles. The van der Waals surface area contributed by atoms with Crippen molar-refractivity contribution in [3.05, 3.63) is 22.9 Å². The van der Waals surface area contributed by atoms with Gasteiger partial charge in [0.2, 0.25) is 5.91 Å². The van der Waals surface area contributed by atoms with E-state index in [0.29, 0.717) is 11.4 Å². The van der Waals surface area contributed by atoms with Crippen LogP contribution in [0.4, 0.5) is 5.82 Å². The molecule has 106 valence electrons. The number of aromatic nitrogens is 1. The number of nitrogens with zero attached hydrogens (tertiary/aromatic N) is 3. The standard InChI is InChI=1S/C14H19N5O/c1-10-7-11(2)18-14(12(10)8-15)17-9-13(20)19-5-3-16-4-6-19/h7,16H,3-6,9H2,1-2H3,(H,17,18). The zero-order valence-electron chi connectivity index (χ0n) is 11.9. The molecule has 0 spiro atoms. The molecule has 1 aromatic rings. The summed E-state index contributed by atoms with van der Waals surface area (Å²) in [5.41, 5.74) is 2.21. The molecule has 6 nitrogen and oxygen atoms in total.